The first-order chi connectivity index (χ1) is 6.24. The van der Waals surface area contributed by atoms with E-state index in [1.54, 1.807) is 0 Å². The van der Waals surface area contributed by atoms with Crippen LogP contribution in [0.4, 0.5) is 0 Å². The number of hydrogen-bond acceptors (Lipinski definition) is 5. The van der Waals surface area contributed by atoms with Crippen molar-refractivity contribution >= 4 is 5.97 Å². The van der Waals surface area contributed by atoms with Crippen LogP contribution in [0.1, 0.15) is 10.5 Å². The highest BCUT2D eigenvalue weighted by Crippen LogP contribution is 2.08. The predicted molar refractivity (Wildman–Crippen MR) is 45.2 cm³/mol. The zero-order valence-electron chi connectivity index (χ0n) is 6.93. The van der Waals surface area contributed by atoms with Gasteiger partial charge in [-0.15, -0.1) is 0 Å². The maximum atomic E-state index is 11.1. The molecule has 0 radical (unpaired) electrons. The second kappa shape index (κ2) is 4.42. The molecule has 0 saturated heterocycles. The lowest BCUT2D eigenvalue weighted by molar-refractivity contribution is 0.0509. The first-order valence-electron chi connectivity index (χ1n) is 3.76. The molecule has 0 atom stereocenters. The topological polar surface area (TPSA) is 85.4 Å². The lowest BCUT2D eigenvalue weighted by Gasteiger charge is -2.01. The third kappa shape index (κ3) is 2.72. The maximum Gasteiger partial charge on any atom is 0.357 e. The smallest absolute Gasteiger partial charge is 0.357 e. The average Bonchev–Trinajstić information content (AvgIpc) is 2.14. The summed E-state index contributed by atoms with van der Waals surface area (Å²) in [5.41, 5.74) is 5.22. The van der Waals surface area contributed by atoms with Gasteiger partial charge < -0.3 is 15.6 Å². The van der Waals surface area contributed by atoms with Crippen molar-refractivity contribution in [3.8, 4) is 5.75 Å². The van der Waals surface area contributed by atoms with Crippen molar-refractivity contribution in [3.05, 3.63) is 24.0 Å². The van der Waals surface area contributed by atoms with Crippen LogP contribution in [0.25, 0.3) is 0 Å². The van der Waals surface area contributed by atoms with Gasteiger partial charge in [0.25, 0.3) is 0 Å². The summed E-state index contributed by atoms with van der Waals surface area (Å²) in [5, 5.41) is 9.01. The maximum absolute atomic E-state index is 11.1. The van der Waals surface area contributed by atoms with Gasteiger partial charge >= 0.3 is 5.97 Å². The van der Waals surface area contributed by atoms with Crippen LogP contribution < -0.4 is 5.73 Å². The lowest BCUT2D eigenvalue weighted by atomic mass is 10.3. The number of pyridine rings is 1. The Hall–Kier alpha value is -1.62. The zero-order valence-corrected chi connectivity index (χ0v) is 6.93. The average molecular weight is 182 g/mol. The van der Waals surface area contributed by atoms with Crippen LogP contribution in [-0.2, 0) is 4.74 Å². The van der Waals surface area contributed by atoms with E-state index in [9.17, 15) is 4.79 Å². The molecule has 1 aromatic heterocycles. The fourth-order valence-corrected chi connectivity index (χ4v) is 0.757. The standard InChI is InChI=1S/C8H10N2O3/c9-2-4-13-8(12)7-5-6(11)1-3-10-7/h1,3,5H,2,4,9H2,(H,10,11). The van der Waals surface area contributed by atoms with Crippen LogP contribution in [0, 0.1) is 0 Å². The van der Waals surface area contributed by atoms with Gasteiger partial charge in [-0.05, 0) is 6.07 Å². The molecule has 0 aliphatic heterocycles. The first-order valence-corrected chi connectivity index (χ1v) is 3.76. The molecule has 5 heteroatoms. The summed E-state index contributed by atoms with van der Waals surface area (Å²) in [6, 6.07) is 2.61. The number of nitrogens with zero attached hydrogens (tertiary/aromatic N) is 1. The Morgan fingerprint density at radius 2 is 2.46 bits per heavy atom. The Kier molecular flexibility index (Phi) is 3.22. The third-order valence-electron chi connectivity index (χ3n) is 1.30. The van der Waals surface area contributed by atoms with Crippen LogP contribution in [0.15, 0.2) is 18.3 Å². The van der Waals surface area contributed by atoms with E-state index in [1.165, 1.54) is 18.3 Å². The van der Waals surface area contributed by atoms with Crippen molar-refractivity contribution < 1.29 is 14.6 Å². The van der Waals surface area contributed by atoms with Crippen LogP contribution in [-0.4, -0.2) is 29.2 Å². The third-order valence-corrected chi connectivity index (χ3v) is 1.30. The molecular formula is C8H10N2O3. The van der Waals surface area contributed by atoms with Gasteiger partial charge in [0.05, 0.1) is 0 Å². The molecule has 0 bridgehead atoms. The van der Waals surface area contributed by atoms with E-state index in [0.717, 1.165) is 0 Å². The molecule has 0 spiro atoms. The predicted octanol–water partition coefficient (Wildman–Crippen LogP) is -0.0973. The minimum Gasteiger partial charge on any atom is -0.508 e. The minimum atomic E-state index is -0.582. The summed E-state index contributed by atoms with van der Waals surface area (Å²) in [5.74, 6) is -0.601. The van der Waals surface area contributed by atoms with Crippen molar-refractivity contribution in [2.45, 2.75) is 0 Å². The van der Waals surface area contributed by atoms with Gasteiger partial charge in [0.15, 0.2) is 5.69 Å². The first kappa shape index (κ1) is 9.47. The molecule has 0 amide bonds. The van der Waals surface area contributed by atoms with Gasteiger partial charge in [0.1, 0.15) is 12.4 Å². The van der Waals surface area contributed by atoms with Gasteiger partial charge in [-0.3, -0.25) is 0 Å². The zero-order chi connectivity index (χ0) is 9.68. The van der Waals surface area contributed by atoms with E-state index >= 15 is 0 Å². The SMILES string of the molecule is NCCOC(=O)c1cc(O)ccn1. The number of esters is 1. The molecule has 1 aromatic rings. The molecule has 0 aromatic carbocycles. The van der Waals surface area contributed by atoms with E-state index in [1.807, 2.05) is 0 Å². The van der Waals surface area contributed by atoms with Gasteiger partial charge in [-0.25, -0.2) is 9.78 Å². The highest BCUT2D eigenvalue weighted by atomic mass is 16.5. The molecule has 0 fully saturated rings. The molecule has 3 N–H and O–H groups in total. The number of rotatable bonds is 3. The summed E-state index contributed by atoms with van der Waals surface area (Å²) >= 11 is 0. The molecule has 0 aliphatic rings. The highest BCUT2D eigenvalue weighted by Gasteiger charge is 2.08. The molecule has 1 rings (SSSR count). The van der Waals surface area contributed by atoms with Gasteiger partial charge in [-0.1, -0.05) is 0 Å². The van der Waals surface area contributed by atoms with E-state index in [0.29, 0.717) is 0 Å². The van der Waals surface area contributed by atoms with Crippen molar-refractivity contribution in [1.29, 1.82) is 0 Å². The van der Waals surface area contributed by atoms with Crippen LogP contribution in [0.5, 0.6) is 5.75 Å². The molecule has 70 valence electrons. The van der Waals surface area contributed by atoms with Crippen molar-refractivity contribution in [2.75, 3.05) is 13.2 Å². The number of aromatic nitrogens is 1. The van der Waals surface area contributed by atoms with Gasteiger partial charge in [-0.2, -0.15) is 0 Å². The minimum absolute atomic E-state index is 0.0188. The van der Waals surface area contributed by atoms with Crippen molar-refractivity contribution in [2.24, 2.45) is 5.73 Å². The summed E-state index contributed by atoms with van der Waals surface area (Å²) in [4.78, 5) is 14.8. The second-order valence-corrected chi connectivity index (χ2v) is 2.32. The Labute approximate surface area is 75.2 Å². The Morgan fingerprint density at radius 3 is 3.08 bits per heavy atom. The number of nitrogens with two attached hydrogens (primary N) is 1. The monoisotopic (exact) mass is 182 g/mol. The highest BCUT2D eigenvalue weighted by molar-refractivity contribution is 5.87. The quantitative estimate of drug-likeness (QED) is 0.637. The largest absolute Gasteiger partial charge is 0.508 e. The normalized spacial score (nSPS) is 9.62. The number of hydrogen-bond donors (Lipinski definition) is 2. The van der Waals surface area contributed by atoms with Crippen molar-refractivity contribution in [3.63, 3.8) is 0 Å². The Balaban J connectivity index is 2.66. The Bertz CT molecular complexity index is 301. The van der Waals surface area contributed by atoms with E-state index < -0.39 is 5.97 Å². The van der Waals surface area contributed by atoms with Gasteiger partial charge in [0, 0.05) is 18.8 Å². The van der Waals surface area contributed by atoms with Crippen LogP contribution in [0.3, 0.4) is 0 Å². The number of ether oxygens (including phenoxy) is 1. The summed E-state index contributed by atoms with van der Waals surface area (Å²) in [7, 11) is 0. The summed E-state index contributed by atoms with van der Waals surface area (Å²) < 4.78 is 4.69. The Morgan fingerprint density at radius 1 is 1.69 bits per heavy atom. The van der Waals surface area contributed by atoms with E-state index in [2.05, 4.69) is 4.98 Å². The number of carbonyl (C=O) groups excluding carboxylic acids is 1. The fourth-order valence-electron chi connectivity index (χ4n) is 0.757. The van der Waals surface area contributed by atoms with Gasteiger partial charge in [0.2, 0.25) is 0 Å². The molecule has 0 saturated carbocycles. The van der Waals surface area contributed by atoms with Crippen LogP contribution in [0.2, 0.25) is 0 Å². The molecular weight excluding hydrogens is 172 g/mol. The number of carbonyl (C=O) groups is 1. The van der Waals surface area contributed by atoms with Crippen LogP contribution >= 0.6 is 0 Å². The molecule has 0 aliphatic carbocycles. The van der Waals surface area contributed by atoms with E-state index in [-0.39, 0.29) is 24.6 Å². The number of aromatic hydroxyl groups is 1. The lowest BCUT2D eigenvalue weighted by Crippen LogP contribution is -2.14. The summed E-state index contributed by atoms with van der Waals surface area (Å²) in [6.45, 7) is 0.417. The summed E-state index contributed by atoms with van der Waals surface area (Å²) in [6.07, 6.45) is 1.33. The molecule has 13 heavy (non-hydrogen) atoms. The molecule has 5 nitrogen and oxygen atoms in total. The molecule has 1 heterocycles. The second-order valence-electron chi connectivity index (χ2n) is 2.32. The molecule has 0 unspecified atom stereocenters. The fraction of sp³-hybridized carbons (Fsp3) is 0.250. The van der Waals surface area contributed by atoms with E-state index in [4.69, 9.17) is 15.6 Å². The van der Waals surface area contributed by atoms with Crippen molar-refractivity contribution in [1.82, 2.24) is 4.98 Å².